The lowest BCUT2D eigenvalue weighted by molar-refractivity contribution is -0.125. The van der Waals surface area contributed by atoms with Crippen LogP contribution in [-0.2, 0) is 4.79 Å². The second-order valence-electron chi connectivity index (χ2n) is 6.11. The molecular formula is C14H30N4O. The molecule has 0 aromatic rings. The number of nitrogens with zero attached hydrogens (tertiary/aromatic N) is 2. The van der Waals surface area contributed by atoms with E-state index >= 15 is 0 Å². The summed E-state index contributed by atoms with van der Waals surface area (Å²) in [6.45, 7) is 5.31. The topological polar surface area (TPSA) is 75.6 Å². The normalized spacial score (nSPS) is 28.0. The lowest BCUT2D eigenvalue weighted by Crippen LogP contribution is -2.58. The Bertz CT molecular complexity index is 295. The number of nitrogens with two attached hydrogens (primary N) is 2. The number of carbonyl (C=O) groups excluding carboxylic acids is 1. The van der Waals surface area contributed by atoms with Gasteiger partial charge in [-0.2, -0.15) is 0 Å². The first-order valence-electron chi connectivity index (χ1n) is 7.36. The average Bonchev–Trinajstić information content (AvgIpc) is 2.34. The maximum absolute atomic E-state index is 11.5. The van der Waals surface area contributed by atoms with Gasteiger partial charge in [-0.3, -0.25) is 9.69 Å². The number of primary amides is 1. The van der Waals surface area contributed by atoms with Crippen LogP contribution in [0, 0.1) is 0 Å². The van der Waals surface area contributed by atoms with Crippen molar-refractivity contribution in [1.29, 1.82) is 0 Å². The molecular weight excluding hydrogens is 240 g/mol. The van der Waals surface area contributed by atoms with Crippen molar-refractivity contribution < 1.29 is 4.79 Å². The lowest BCUT2D eigenvalue weighted by Gasteiger charge is -2.41. The summed E-state index contributed by atoms with van der Waals surface area (Å²) in [5.74, 6) is -0.346. The minimum absolute atomic E-state index is 0.346. The third kappa shape index (κ3) is 4.75. The second kappa shape index (κ2) is 7.22. The van der Waals surface area contributed by atoms with Gasteiger partial charge in [0.05, 0.1) is 5.54 Å². The fraction of sp³-hybridized carbons (Fsp3) is 0.929. The minimum Gasteiger partial charge on any atom is -0.368 e. The zero-order valence-corrected chi connectivity index (χ0v) is 12.7. The zero-order chi connectivity index (χ0) is 14.5. The molecule has 2 atom stereocenters. The zero-order valence-electron chi connectivity index (χ0n) is 12.7. The van der Waals surface area contributed by atoms with Crippen LogP contribution in [0.3, 0.4) is 0 Å². The van der Waals surface area contributed by atoms with Crippen molar-refractivity contribution in [2.24, 2.45) is 11.5 Å². The number of likely N-dealkylation sites (N-methyl/N-ethyl adjacent to an activating group) is 1. The van der Waals surface area contributed by atoms with Crippen LogP contribution in [0.2, 0.25) is 0 Å². The van der Waals surface area contributed by atoms with Crippen LogP contribution < -0.4 is 11.5 Å². The van der Waals surface area contributed by atoms with E-state index in [1.807, 2.05) is 0 Å². The van der Waals surface area contributed by atoms with E-state index in [4.69, 9.17) is 11.5 Å². The third-order valence-corrected chi connectivity index (χ3v) is 4.11. The van der Waals surface area contributed by atoms with Gasteiger partial charge in [-0.25, -0.2) is 0 Å². The molecule has 0 aromatic carbocycles. The van der Waals surface area contributed by atoms with Crippen molar-refractivity contribution >= 4 is 5.91 Å². The number of hydrogen-bond acceptors (Lipinski definition) is 4. The largest absolute Gasteiger partial charge is 0.368 e. The van der Waals surface area contributed by atoms with Crippen molar-refractivity contribution in [2.75, 3.05) is 33.7 Å². The van der Waals surface area contributed by atoms with Crippen molar-refractivity contribution in [3.05, 3.63) is 0 Å². The summed E-state index contributed by atoms with van der Waals surface area (Å²) in [5, 5.41) is 0. The van der Waals surface area contributed by atoms with Crippen molar-refractivity contribution in [3.63, 3.8) is 0 Å². The van der Waals surface area contributed by atoms with E-state index in [9.17, 15) is 4.79 Å². The molecule has 0 aliphatic heterocycles. The Morgan fingerprint density at radius 3 is 2.53 bits per heavy atom. The van der Waals surface area contributed by atoms with Gasteiger partial charge in [-0.05, 0) is 52.7 Å². The van der Waals surface area contributed by atoms with Crippen LogP contribution in [0.1, 0.15) is 39.0 Å². The highest BCUT2D eigenvalue weighted by molar-refractivity contribution is 5.84. The Balaban J connectivity index is 2.65. The third-order valence-electron chi connectivity index (χ3n) is 4.11. The van der Waals surface area contributed by atoms with Gasteiger partial charge in [0.15, 0.2) is 0 Å². The molecule has 1 aliphatic rings. The summed E-state index contributed by atoms with van der Waals surface area (Å²) >= 11 is 0. The van der Waals surface area contributed by atoms with Gasteiger partial charge < -0.3 is 16.4 Å². The molecule has 0 spiro atoms. The fourth-order valence-electron chi connectivity index (χ4n) is 2.91. The van der Waals surface area contributed by atoms with E-state index in [0.29, 0.717) is 12.5 Å². The Hall–Kier alpha value is -0.650. The van der Waals surface area contributed by atoms with Crippen LogP contribution in [0.4, 0.5) is 0 Å². The SMILES string of the molecule is CCCN(CCN(C)C)C1CCCC(N)(C(N)=O)C1. The Kier molecular flexibility index (Phi) is 6.23. The van der Waals surface area contributed by atoms with Crippen LogP contribution >= 0.6 is 0 Å². The van der Waals surface area contributed by atoms with Gasteiger partial charge in [0.2, 0.25) is 5.91 Å². The smallest absolute Gasteiger partial charge is 0.237 e. The van der Waals surface area contributed by atoms with E-state index in [-0.39, 0.29) is 5.91 Å². The van der Waals surface area contributed by atoms with Crippen molar-refractivity contribution in [2.45, 2.75) is 50.6 Å². The molecule has 5 nitrogen and oxygen atoms in total. The summed E-state index contributed by atoms with van der Waals surface area (Å²) in [6.07, 6.45) is 4.67. The van der Waals surface area contributed by atoms with Crippen LogP contribution in [-0.4, -0.2) is 61.0 Å². The van der Waals surface area contributed by atoms with E-state index < -0.39 is 5.54 Å². The van der Waals surface area contributed by atoms with Gasteiger partial charge in [-0.15, -0.1) is 0 Å². The van der Waals surface area contributed by atoms with E-state index in [2.05, 4.69) is 30.8 Å². The highest BCUT2D eigenvalue weighted by Gasteiger charge is 2.39. The number of amides is 1. The molecule has 1 saturated carbocycles. The molecule has 1 rings (SSSR count). The number of hydrogen-bond donors (Lipinski definition) is 2. The molecule has 0 radical (unpaired) electrons. The van der Waals surface area contributed by atoms with Gasteiger partial charge in [0.1, 0.15) is 0 Å². The Morgan fingerprint density at radius 1 is 1.32 bits per heavy atom. The van der Waals surface area contributed by atoms with E-state index in [1.54, 1.807) is 0 Å². The molecule has 5 heteroatoms. The molecule has 4 N–H and O–H groups in total. The number of carbonyl (C=O) groups is 1. The van der Waals surface area contributed by atoms with Crippen molar-refractivity contribution in [3.8, 4) is 0 Å². The molecule has 0 heterocycles. The lowest BCUT2D eigenvalue weighted by atomic mass is 9.78. The maximum Gasteiger partial charge on any atom is 0.237 e. The summed E-state index contributed by atoms with van der Waals surface area (Å²) in [4.78, 5) is 16.2. The molecule has 112 valence electrons. The first kappa shape index (κ1) is 16.4. The molecule has 1 aliphatic carbocycles. The van der Waals surface area contributed by atoms with E-state index in [0.717, 1.165) is 45.3 Å². The molecule has 19 heavy (non-hydrogen) atoms. The van der Waals surface area contributed by atoms with Gasteiger partial charge in [0, 0.05) is 19.1 Å². The average molecular weight is 270 g/mol. The summed E-state index contributed by atoms with van der Waals surface area (Å²) in [7, 11) is 4.17. The van der Waals surface area contributed by atoms with Crippen LogP contribution in [0.5, 0.6) is 0 Å². The van der Waals surface area contributed by atoms with Gasteiger partial charge >= 0.3 is 0 Å². The molecule has 2 unspecified atom stereocenters. The quantitative estimate of drug-likeness (QED) is 0.701. The second-order valence-corrected chi connectivity index (χ2v) is 6.11. The molecule has 1 fully saturated rings. The minimum atomic E-state index is -0.799. The van der Waals surface area contributed by atoms with E-state index in [1.165, 1.54) is 0 Å². The Labute approximate surface area is 117 Å². The van der Waals surface area contributed by atoms with Gasteiger partial charge in [-0.1, -0.05) is 6.92 Å². The summed E-state index contributed by atoms with van der Waals surface area (Å²) in [5.41, 5.74) is 10.8. The predicted molar refractivity (Wildman–Crippen MR) is 78.8 cm³/mol. The molecule has 0 bridgehead atoms. The first-order valence-corrected chi connectivity index (χ1v) is 7.36. The highest BCUT2D eigenvalue weighted by Crippen LogP contribution is 2.29. The first-order chi connectivity index (χ1) is 8.89. The highest BCUT2D eigenvalue weighted by atomic mass is 16.1. The molecule has 0 aromatic heterocycles. The number of rotatable bonds is 7. The summed E-state index contributed by atoms with van der Waals surface area (Å²) in [6, 6.07) is 0.395. The van der Waals surface area contributed by atoms with Crippen LogP contribution in [0.15, 0.2) is 0 Å². The molecule has 0 saturated heterocycles. The Morgan fingerprint density at radius 2 is 2.00 bits per heavy atom. The molecule has 1 amide bonds. The van der Waals surface area contributed by atoms with Gasteiger partial charge in [0.25, 0.3) is 0 Å². The predicted octanol–water partition coefficient (Wildman–Crippen LogP) is 0.385. The standard InChI is InChI=1S/C14H30N4O/c1-4-8-18(10-9-17(2)3)12-6-5-7-14(16,11-12)13(15)19/h12H,4-11,16H2,1-3H3,(H2,15,19). The monoisotopic (exact) mass is 270 g/mol. The summed E-state index contributed by atoms with van der Waals surface area (Å²) < 4.78 is 0. The fourth-order valence-corrected chi connectivity index (χ4v) is 2.91. The van der Waals surface area contributed by atoms with Crippen LogP contribution in [0.25, 0.3) is 0 Å². The van der Waals surface area contributed by atoms with Crippen molar-refractivity contribution in [1.82, 2.24) is 9.80 Å². The maximum atomic E-state index is 11.5.